The molecule has 132 valence electrons. The normalized spacial score (nSPS) is 14.5. The molecule has 0 saturated heterocycles. The molecular formula is C18H24O3S3. The Balaban J connectivity index is 1.91. The molecule has 3 nitrogen and oxygen atoms in total. The van der Waals surface area contributed by atoms with E-state index >= 15 is 0 Å². The van der Waals surface area contributed by atoms with Crippen LogP contribution in [0.4, 0.5) is 0 Å². The van der Waals surface area contributed by atoms with Crippen LogP contribution in [0.3, 0.4) is 0 Å². The molecule has 0 saturated carbocycles. The summed E-state index contributed by atoms with van der Waals surface area (Å²) in [5, 5.41) is 0. The Bertz CT molecular complexity index is 814. The van der Waals surface area contributed by atoms with E-state index in [9.17, 15) is 13.2 Å². The third-order valence-corrected chi connectivity index (χ3v) is 9.00. The van der Waals surface area contributed by atoms with Crippen molar-refractivity contribution in [3.8, 4) is 9.75 Å². The van der Waals surface area contributed by atoms with Crippen LogP contribution in [0.5, 0.6) is 0 Å². The Morgan fingerprint density at radius 3 is 2.25 bits per heavy atom. The number of aryl methyl sites for hydroxylation is 2. The highest BCUT2D eigenvalue weighted by molar-refractivity contribution is 7.92. The van der Waals surface area contributed by atoms with E-state index in [1.165, 1.54) is 26.4 Å². The first-order chi connectivity index (χ1) is 11.1. The van der Waals surface area contributed by atoms with Gasteiger partial charge in [-0.25, -0.2) is 8.42 Å². The van der Waals surface area contributed by atoms with Gasteiger partial charge in [0.05, 0.1) is 0 Å². The van der Waals surface area contributed by atoms with Crippen LogP contribution in [0, 0.1) is 6.92 Å². The van der Waals surface area contributed by atoms with Gasteiger partial charge in [-0.05, 0) is 64.3 Å². The first-order valence-corrected chi connectivity index (χ1v) is 11.5. The van der Waals surface area contributed by atoms with Crippen LogP contribution in [-0.4, -0.2) is 25.2 Å². The van der Waals surface area contributed by atoms with Gasteiger partial charge in [-0.3, -0.25) is 4.79 Å². The van der Waals surface area contributed by atoms with Crippen molar-refractivity contribution in [1.29, 1.82) is 0 Å². The second-order valence-electron chi connectivity index (χ2n) is 6.44. The van der Waals surface area contributed by atoms with Crippen LogP contribution in [0.2, 0.25) is 0 Å². The van der Waals surface area contributed by atoms with E-state index in [4.69, 9.17) is 0 Å². The minimum Gasteiger partial charge on any atom is -0.298 e. The number of carbonyl (C=O) groups excluding carboxylic acids is 1. The summed E-state index contributed by atoms with van der Waals surface area (Å²) in [5.41, 5.74) is 0. The first-order valence-electron chi connectivity index (χ1n) is 7.99. The van der Waals surface area contributed by atoms with Gasteiger partial charge in [0.2, 0.25) is 0 Å². The molecule has 0 amide bonds. The lowest BCUT2D eigenvalue weighted by atomic mass is 9.98. The molecule has 0 aliphatic carbocycles. The SMILES string of the molecule is CC(=O)C(C)(CCCCc1ccc(-c2ccc(C)s2)s1)S(C)(=O)=O. The lowest BCUT2D eigenvalue weighted by Gasteiger charge is -2.24. The molecule has 0 aliphatic rings. The molecule has 2 heterocycles. The zero-order valence-corrected chi connectivity index (χ0v) is 17.0. The monoisotopic (exact) mass is 384 g/mol. The predicted molar refractivity (Wildman–Crippen MR) is 104 cm³/mol. The highest BCUT2D eigenvalue weighted by atomic mass is 32.2. The zero-order chi connectivity index (χ0) is 18.0. The van der Waals surface area contributed by atoms with E-state index in [-0.39, 0.29) is 5.78 Å². The van der Waals surface area contributed by atoms with Gasteiger partial charge in [0.25, 0.3) is 0 Å². The number of rotatable bonds is 8. The summed E-state index contributed by atoms with van der Waals surface area (Å²) in [6.45, 7) is 5.03. The van der Waals surface area contributed by atoms with Crippen LogP contribution >= 0.6 is 22.7 Å². The summed E-state index contributed by atoms with van der Waals surface area (Å²) >= 11 is 3.59. The maximum absolute atomic E-state index is 11.9. The van der Waals surface area contributed by atoms with Crippen molar-refractivity contribution in [1.82, 2.24) is 0 Å². The highest BCUT2D eigenvalue weighted by Crippen LogP contribution is 2.34. The molecule has 6 heteroatoms. The molecular weight excluding hydrogens is 360 g/mol. The average Bonchev–Trinajstić information content (AvgIpc) is 3.10. The number of sulfone groups is 1. The molecule has 2 aromatic rings. The third kappa shape index (κ3) is 4.35. The molecule has 2 aromatic heterocycles. The van der Waals surface area contributed by atoms with Gasteiger partial charge >= 0.3 is 0 Å². The summed E-state index contributed by atoms with van der Waals surface area (Å²) in [6, 6.07) is 8.59. The Morgan fingerprint density at radius 1 is 1.08 bits per heavy atom. The van der Waals surface area contributed by atoms with E-state index in [2.05, 4.69) is 31.2 Å². The minimum absolute atomic E-state index is 0.267. The smallest absolute Gasteiger partial charge is 0.159 e. The lowest BCUT2D eigenvalue weighted by Crippen LogP contribution is -2.41. The number of carbonyl (C=O) groups is 1. The number of unbranched alkanes of at least 4 members (excludes halogenated alkanes) is 1. The highest BCUT2D eigenvalue weighted by Gasteiger charge is 2.39. The lowest BCUT2D eigenvalue weighted by molar-refractivity contribution is -0.119. The van der Waals surface area contributed by atoms with E-state index in [1.807, 2.05) is 0 Å². The van der Waals surface area contributed by atoms with Crippen molar-refractivity contribution in [3.63, 3.8) is 0 Å². The van der Waals surface area contributed by atoms with Crippen molar-refractivity contribution in [2.75, 3.05) is 6.26 Å². The molecule has 1 atom stereocenters. The Hall–Kier alpha value is -0.980. The Labute approximate surface area is 152 Å². The van der Waals surface area contributed by atoms with Gasteiger partial charge in [-0.1, -0.05) is 6.42 Å². The average molecular weight is 385 g/mol. The van der Waals surface area contributed by atoms with Crippen molar-refractivity contribution >= 4 is 38.3 Å². The number of thiophene rings is 2. The fourth-order valence-electron chi connectivity index (χ4n) is 2.60. The Morgan fingerprint density at radius 2 is 1.71 bits per heavy atom. The van der Waals surface area contributed by atoms with Crippen LogP contribution in [0.15, 0.2) is 24.3 Å². The number of hydrogen-bond acceptors (Lipinski definition) is 5. The van der Waals surface area contributed by atoms with Crippen molar-refractivity contribution < 1.29 is 13.2 Å². The summed E-state index contributed by atoms with van der Waals surface area (Å²) < 4.78 is 22.6. The number of Topliss-reactive ketones (excluding diaryl/α,β-unsaturated/α-hetero) is 1. The predicted octanol–water partition coefficient (Wildman–Crippen LogP) is 4.89. The van der Waals surface area contributed by atoms with Gasteiger partial charge in [0, 0.05) is 25.8 Å². The fraction of sp³-hybridized carbons (Fsp3) is 0.500. The molecule has 0 radical (unpaired) electrons. The van der Waals surface area contributed by atoms with Crippen molar-refractivity contribution in [3.05, 3.63) is 34.0 Å². The molecule has 24 heavy (non-hydrogen) atoms. The quantitative estimate of drug-likeness (QED) is 0.609. The molecule has 0 bridgehead atoms. The van der Waals surface area contributed by atoms with Crippen molar-refractivity contribution in [2.24, 2.45) is 0 Å². The maximum atomic E-state index is 11.9. The summed E-state index contributed by atoms with van der Waals surface area (Å²) in [7, 11) is -3.38. The molecule has 0 spiro atoms. The third-order valence-electron chi connectivity index (χ3n) is 4.53. The summed E-state index contributed by atoms with van der Waals surface area (Å²) in [5.74, 6) is -0.267. The molecule has 1 unspecified atom stereocenters. The molecule has 2 rings (SSSR count). The van der Waals surface area contributed by atoms with Gasteiger partial charge < -0.3 is 0 Å². The second-order valence-corrected chi connectivity index (χ2v) is 11.3. The number of ketones is 1. The first kappa shape index (κ1) is 19.3. The standard InChI is InChI=1S/C18H24O3S3/c1-13-8-10-16(22-13)17-11-9-15(23-17)7-5-6-12-18(3,14(2)19)24(4,20)21/h8-11H,5-7,12H2,1-4H3. The second kappa shape index (κ2) is 7.50. The van der Waals surface area contributed by atoms with Crippen LogP contribution in [0.1, 0.15) is 42.9 Å². The maximum Gasteiger partial charge on any atom is 0.159 e. The number of hydrogen-bond donors (Lipinski definition) is 0. The molecule has 0 N–H and O–H groups in total. The molecule has 0 aromatic carbocycles. The zero-order valence-electron chi connectivity index (χ0n) is 14.6. The summed E-state index contributed by atoms with van der Waals surface area (Å²) in [6.07, 6.45) is 4.09. The Kier molecular flexibility index (Phi) is 6.04. The van der Waals surface area contributed by atoms with E-state index in [0.29, 0.717) is 6.42 Å². The fourth-order valence-corrected chi connectivity index (χ4v) is 5.64. The molecule has 0 aliphatic heterocycles. The largest absolute Gasteiger partial charge is 0.298 e. The van der Waals surface area contributed by atoms with Crippen LogP contribution in [-0.2, 0) is 21.1 Å². The van der Waals surface area contributed by atoms with Crippen LogP contribution < -0.4 is 0 Å². The van der Waals surface area contributed by atoms with E-state index < -0.39 is 14.6 Å². The van der Waals surface area contributed by atoms with E-state index in [1.54, 1.807) is 29.6 Å². The van der Waals surface area contributed by atoms with Crippen LogP contribution in [0.25, 0.3) is 9.75 Å². The topological polar surface area (TPSA) is 51.2 Å². The minimum atomic E-state index is -3.38. The molecule has 0 fully saturated rings. The van der Waals surface area contributed by atoms with E-state index in [0.717, 1.165) is 25.5 Å². The van der Waals surface area contributed by atoms with Crippen molar-refractivity contribution in [2.45, 2.75) is 51.2 Å². The summed E-state index contributed by atoms with van der Waals surface area (Å²) in [4.78, 5) is 17.0. The van der Waals surface area contributed by atoms with Gasteiger partial charge in [-0.15, -0.1) is 22.7 Å². The van der Waals surface area contributed by atoms with Gasteiger partial charge in [-0.2, -0.15) is 0 Å². The van der Waals surface area contributed by atoms with Gasteiger partial charge in [0.1, 0.15) is 4.75 Å². The van der Waals surface area contributed by atoms with Gasteiger partial charge in [0.15, 0.2) is 15.6 Å².